The van der Waals surface area contributed by atoms with Crippen molar-refractivity contribution in [3.8, 4) is 10.4 Å². The van der Waals surface area contributed by atoms with Gasteiger partial charge in [-0.1, -0.05) is 37.3 Å². The Morgan fingerprint density at radius 3 is 2.58 bits per heavy atom. The highest BCUT2D eigenvalue weighted by molar-refractivity contribution is 7.91. The van der Waals surface area contributed by atoms with Crippen LogP contribution in [-0.2, 0) is 34.6 Å². The summed E-state index contributed by atoms with van der Waals surface area (Å²) in [5, 5.41) is 0. The number of thiophene rings is 1. The first kappa shape index (κ1) is 29.1. The normalized spacial score (nSPS) is 22.0. The van der Waals surface area contributed by atoms with Crippen molar-refractivity contribution < 1.29 is 31.2 Å². The van der Waals surface area contributed by atoms with E-state index in [0.29, 0.717) is 26.0 Å². The second-order valence-electron chi connectivity index (χ2n) is 9.18. The predicted octanol–water partition coefficient (Wildman–Crippen LogP) is 2.25. The van der Waals surface area contributed by atoms with Crippen LogP contribution >= 0.6 is 11.3 Å². The minimum absolute atomic E-state index is 0.0742. The molecule has 0 aliphatic carbocycles. The summed E-state index contributed by atoms with van der Waals surface area (Å²) in [5.74, 6) is -0.749. The van der Waals surface area contributed by atoms with Crippen molar-refractivity contribution in [2.75, 3.05) is 39.8 Å². The molecule has 14 heteroatoms. The third kappa shape index (κ3) is 6.45. The van der Waals surface area contributed by atoms with Gasteiger partial charge in [0.05, 0.1) is 0 Å². The van der Waals surface area contributed by atoms with Crippen molar-refractivity contribution in [2.45, 2.75) is 49.1 Å². The quantitative estimate of drug-likeness (QED) is 0.424. The topological polar surface area (TPSA) is 126 Å². The zero-order chi connectivity index (χ0) is 27.3. The lowest BCUT2D eigenvalue weighted by Gasteiger charge is -2.39. The maximum Gasteiger partial charge on any atom is 0.281 e. The number of ether oxygens (including phenoxy) is 1. The van der Waals surface area contributed by atoms with Gasteiger partial charge in [-0.15, -0.1) is 11.3 Å². The SMILES string of the molecule is CCCN(C)S(=O)(=O)N1CCN(S(=O)(=O)c2ccc(-c3ccccc3)s2)[C@@H](C(=O)NOC2CCCCO2)C1. The zero-order valence-corrected chi connectivity index (χ0v) is 23.9. The number of sulfonamides is 1. The summed E-state index contributed by atoms with van der Waals surface area (Å²) in [7, 11) is -6.54. The summed E-state index contributed by atoms with van der Waals surface area (Å²) in [6.45, 7) is 2.07. The molecule has 2 saturated heterocycles. The van der Waals surface area contributed by atoms with Crippen molar-refractivity contribution in [1.29, 1.82) is 0 Å². The molecule has 2 aromatic rings. The van der Waals surface area contributed by atoms with E-state index in [-0.39, 0.29) is 23.8 Å². The van der Waals surface area contributed by atoms with E-state index in [1.807, 2.05) is 37.3 Å². The van der Waals surface area contributed by atoms with Crippen LogP contribution in [0, 0.1) is 0 Å². The Kier molecular flexibility index (Phi) is 9.58. The fourth-order valence-electron chi connectivity index (χ4n) is 4.41. The van der Waals surface area contributed by atoms with E-state index in [9.17, 15) is 21.6 Å². The Morgan fingerprint density at radius 2 is 1.89 bits per heavy atom. The van der Waals surface area contributed by atoms with E-state index in [0.717, 1.165) is 43.2 Å². The van der Waals surface area contributed by atoms with Crippen LogP contribution in [0.15, 0.2) is 46.7 Å². The van der Waals surface area contributed by atoms with Gasteiger partial charge < -0.3 is 4.74 Å². The second kappa shape index (κ2) is 12.5. The van der Waals surface area contributed by atoms with Crippen LogP contribution in [0.1, 0.15) is 32.6 Å². The number of hydrogen-bond acceptors (Lipinski definition) is 8. The molecule has 38 heavy (non-hydrogen) atoms. The van der Waals surface area contributed by atoms with E-state index in [1.54, 1.807) is 6.07 Å². The molecular formula is C24H34N4O7S3. The van der Waals surface area contributed by atoms with Crippen LogP contribution in [0.2, 0.25) is 0 Å². The molecule has 1 N–H and O–H groups in total. The summed E-state index contributed by atoms with van der Waals surface area (Å²) in [6, 6.07) is 11.3. The minimum Gasteiger partial charge on any atom is -0.350 e. The molecule has 1 aromatic carbocycles. The molecule has 0 radical (unpaired) electrons. The molecule has 2 aliphatic rings. The van der Waals surface area contributed by atoms with Gasteiger partial charge in [0.25, 0.3) is 26.1 Å². The monoisotopic (exact) mass is 586 g/mol. The molecular weight excluding hydrogens is 552 g/mol. The number of nitrogens with zero attached hydrogens (tertiary/aromatic N) is 3. The first-order valence-corrected chi connectivity index (χ1v) is 16.3. The van der Waals surface area contributed by atoms with Crippen molar-refractivity contribution in [3.63, 3.8) is 0 Å². The summed E-state index contributed by atoms with van der Waals surface area (Å²) in [4.78, 5) is 19.5. The second-order valence-corrected chi connectivity index (χ2v) is 14.4. The van der Waals surface area contributed by atoms with Gasteiger partial charge in [-0.3, -0.25) is 4.79 Å². The molecule has 3 heterocycles. The van der Waals surface area contributed by atoms with Gasteiger partial charge in [-0.25, -0.2) is 18.7 Å². The fraction of sp³-hybridized carbons (Fsp3) is 0.542. The molecule has 0 spiro atoms. The van der Waals surface area contributed by atoms with Gasteiger partial charge in [0.1, 0.15) is 10.3 Å². The van der Waals surface area contributed by atoms with Crippen molar-refractivity contribution >= 4 is 37.5 Å². The van der Waals surface area contributed by atoms with Crippen molar-refractivity contribution in [2.24, 2.45) is 0 Å². The lowest BCUT2D eigenvalue weighted by molar-refractivity contribution is -0.202. The smallest absolute Gasteiger partial charge is 0.281 e. The number of carbonyl (C=O) groups is 1. The molecule has 0 bridgehead atoms. The van der Waals surface area contributed by atoms with Crippen LogP contribution in [-0.4, -0.2) is 87.8 Å². The highest BCUT2D eigenvalue weighted by atomic mass is 32.2. The molecule has 2 atom stereocenters. The highest BCUT2D eigenvalue weighted by Gasteiger charge is 2.44. The zero-order valence-electron chi connectivity index (χ0n) is 21.5. The lowest BCUT2D eigenvalue weighted by atomic mass is 10.2. The van der Waals surface area contributed by atoms with E-state index >= 15 is 0 Å². The van der Waals surface area contributed by atoms with Crippen LogP contribution in [0.25, 0.3) is 10.4 Å². The number of amides is 1. The molecule has 4 rings (SSSR count). The van der Waals surface area contributed by atoms with Crippen LogP contribution in [0.4, 0.5) is 0 Å². The molecule has 11 nitrogen and oxygen atoms in total. The number of benzene rings is 1. The molecule has 2 aliphatic heterocycles. The van der Waals surface area contributed by atoms with Gasteiger partial charge >= 0.3 is 0 Å². The third-order valence-electron chi connectivity index (χ3n) is 6.49. The Hall–Kier alpha value is -1.91. The Morgan fingerprint density at radius 1 is 1.13 bits per heavy atom. The predicted molar refractivity (Wildman–Crippen MR) is 144 cm³/mol. The Labute approximate surface area is 228 Å². The Balaban J connectivity index is 1.59. The summed E-state index contributed by atoms with van der Waals surface area (Å²) < 4.78 is 62.8. The maximum atomic E-state index is 13.8. The molecule has 210 valence electrons. The molecule has 2 fully saturated rings. The van der Waals surface area contributed by atoms with E-state index < -0.39 is 38.5 Å². The largest absolute Gasteiger partial charge is 0.350 e. The highest BCUT2D eigenvalue weighted by Crippen LogP contribution is 2.34. The van der Waals surface area contributed by atoms with Gasteiger partial charge in [-0.2, -0.15) is 21.3 Å². The van der Waals surface area contributed by atoms with Crippen LogP contribution < -0.4 is 5.48 Å². The summed E-state index contributed by atoms with van der Waals surface area (Å²) in [5.41, 5.74) is 3.21. The van der Waals surface area contributed by atoms with E-state index in [2.05, 4.69) is 5.48 Å². The molecule has 1 unspecified atom stereocenters. The first-order valence-electron chi connectivity index (χ1n) is 12.6. The van der Waals surface area contributed by atoms with Gasteiger partial charge in [0, 0.05) is 51.1 Å². The van der Waals surface area contributed by atoms with E-state index in [1.165, 1.54) is 17.4 Å². The minimum atomic E-state index is -4.12. The number of hydrogen-bond donors (Lipinski definition) is 1. The average molecular weight is 587 g/mol. The third-order valence-corrected chi connectivity index (χ3v) is 12.0. The number of piperazine rings is 1. The van der Waals surface area contributed by atoms with Crippen molar-refractivity contribution in [3.05, 3.63) is 42.5 Å². The van der Waals surface area contributed by atoms with Crippen LogP contribution in [0.3, 0.4) is 0 Å². The number of hydroxylamine groups is 1. The van der Waals surface area contributed by atoms with Gasteiger partial charge in [-0.05, 0) is 37.0 Å². The number of nitrogens with one attached hydrogen (secondary N) is 1. The molecule has 1 amide bonds. The summed E-state index contributed by atoms with van der Waals surface area (Å²) >= 11 is 1.10. The average Bonchev–Trinajstić information content (AvgIpc) is 3.44. The summed E-state index contributed by atoms with van der Waals surface area (Å²) in [6.07, 6.45) is 2.34. The van der Waals surface area contributed by atoms with Crippen LogP contribution in [0.5, 0.6) is 0 Å². The fourth-order valence-corrected chi connectivity index (χ4v) is 8.87. The maximum absolute atomic E-state index is 13.8. The molecule has 0 saturated carbocycles. The number of carbonyl (C=O) groups excluding carboxylic acids is 1. The van der Waals surface area contributed by atoms with Crippen molar-refractivity contribution in [1.82, 2.24) is 18.4 Å². The van der Waals surface area contributed by atoms with E-state index in [4.69, 9.17) is 9.57 Å². The van der Waals surface area contributed by atoms with Gasteiger partial charge in [0.2, 0.25) is 0 Å². The number of rotatable bonds is 10. The Bertz CT molecular complexity index is 1300. The first-order chi connectivity index (χ1) is 18.1. The van der Waals surface area contributed by atoms with Gasteiger partial charge in [0.15, 0.2) is 6.29 Å². The standard InChI is InChI=1S/C24H34N4O7S3/c1-3-14-26(2)38(32,33)27-15-16-28(20(18-27)24(29)25-35-22-11-7-8-17-34-22)37(30,31)23-13-12-21(36-23)19-9-5-4-6-10-19/h4-6,9-10,12-13,20,22H,3,7-8,11,14-18H2,1-2H3,(H,25,29)/t20-,22?/m1/s1. The molecule has 1 aromatic heterocycles. The lowest BCUT2D eigenvalue weighted by Crippen LogP contribution is -2.62.